The summed E-state index contributed by atoms with van der Waals surface area (Å²) in [6.07, 6.45) is 7.82. The fourth-order valence-electron chi connectivity index (χ4n) is 4.40. The van der Waals surface area contributed by atoms with Crippen molar-refractivity contribution in [2.45, 2.75) is 51.6 Å². The van der Waals surface area contributed by atoms with Gasteiger partial charge >= 0.3 is 5.97 Å². The Kier molecular flexibility index (Phi) is 6.31. The number of anilines is 1. The highest BCUT2D eigenvalue weighted by Crippen LogP contribution is 2.28. The van der Waals surface area contributed by atoms with Crippen molar-refractivity contribution in [3.8, 4) is 5.75 Å². The number of benzene rings is 1. The van der Waals surface area contributed by atoms with Gasteiger partial charge in [0.15, 0.2) is 0 Å². The van der Waals surface area contributed by atoms with Crippen LogP contribution >= 0.6 is 0 Å². The summed E-state index contributed by atoms with van der Waals surface area (Å²) in [5, 5.41) is 18.3. The molecule has 3 aromatic heterocycles. The molecule has 0 spiro atoms. The molecular weight excluding hydrogens is 444 g/mol. The van der Waals surface area contributed by atoms with Crippen LogP contribution in [0.25, 0.3) is 10.9 Å². The van der Waals surface area contributed by atoms with Gasteiger partial charge < -0.3 is 15.2 Å². The predicted octanol–water partition coefficient (Wildman–Crippen LogP) is 3.96. The zero-order valence-corrected chi connectivity index (χ0v) is 19.8. The highest BCUT2D eigenvalue weighted by atomic mass is 16.5. The Balaban J connectivity index is 1.29. The van der Waals surface area contributed by atoms with Gasteiger partial charge in [-0.15, -0.1) is 0 Å². The number of rotatable bonds is 8. The van der Waals surface area contributed by atoms with Crippen LogP contribution in [0.2, 0.25) is 0 Å². The maximum atomic E-state index is 11.6. The standard InChI is InChI=1S/C26H28N6O3/c1-16-3-4-18-5-6-21(31-26(18)30-16)9-10-35-22-7-8-23-19(11-22)15-29-32(23)24(12-25(33)34)20-13-27-17(2)28-14-20/h5-8,11,13-16,24H,3-4,9-10,12H2,1-2H3,(H,30,31)(H,33,34)/t16-,24?/m1/s1. The SMILES string of the molecule is Cc1ncc(C(CC(=O)O)n2ncc3cc(OCCc4ccc5c(n4)N[C@H](C)CC5)ccc32)cn1. The summed E-state index contributed by atoms with van der Waals surface area (Å²) in [6, 6.07) is 9.88. The van der Waals surface area contributed by atoms with Gasteiger partial charge in [-0.25, -0.2) is 15.0 Å². The number of hydrogen-bond acceptors (Lipinski definition) is 7. The minimum atomic E-state index is -0.917. The van der Waals surface area contributed by atoms with Gasteiger partial charge in [-0.3, -0.25) is 9.48 Å². The zero-order valence-electron chi connectivity index (χ0n) is 19.8. The lowest BCUT2D eigenvalue weighted by Crippen LogP contribution is -2.23. The molecule has 0 aliphatic carbocycles. The summed E-state index contributed by atoms with van der Waals surface area (Å²) in [7, 11) is 0. The number of hydrogen-bond donors (Lipinski definition) is 2. The van der Waals surface area contributed by atoms with Gasteiger partial charge in [0.05, 0.1) is 30.8 Å². The van der Waals surface area contributed by atoms with Crippen molar-refractivity contribution in [2.75, 3.05) is 11.9 Å². The molecule has 180 valence electrons. The molecule has 1 aliphatic rings. The van der Waals surface area contributed by atoms with Crippen LogP contribution in [0.5, 0.6) is 5.75 Å². The van der Waals surface area contributed by atoms with Crippen LogP contribution in [0.1, 0.15) is 48.5 Å². The van der Waals surface area contributed by atoms with Gasteiger partial charge in [-0.05, 0) is 56.5 Å². The Bertz CT molecular complexity index is 1350. The molecule has 2 N–H and O–H groups in total. The molecule has 0 fully saturated rings. The summed E-state index contributed by atoms with van der Waals surface area (Å²) < 4.78 is 7.72. The fraction of sp³-hybridized carbons (Fsp3) is 0.346. The first-order valence-electron chi connectivity index (χ1n) is 11.8. The van der Waals surface area contributed by atoms with E-state index in [1.54, 1.807) is 30.2 Å². The summed E-state index contributed by atoms with van der Waals surface area (Å²) in [4.78, 5) is 24.8. The number of nitrogens with one attached hydrogen (secondary N) is 1. The van der Waals surface area contributed by atoms with Crippen LogP contribution in [0, 0.1) is 6.92 Å². The Morgan fingerprint density at radius 2 is 2.06 bits per heavy atom. The molecular formula is C26H28N6O3. The lowest BCUT2D eigenvalue weighted by Gasteiger charge is -2.23. The first-order chi connectivity index (χ1) is 17.0. The molecule has 0 saturated heterocycles. The number of aliphatic carboxylic acids is 1. The van der Waals surface area contributed by atoms with E-state index in [9.17, 15) is 9.90 Å². The first kappa shape index (κ1) is 22.8. The molecule has 1 aliphatic heterocycles. The molecule has 9 heteroatoms. The Labute approximate surface area is 203 Å². The highest BCUT2D eigenvalue weighted by Gasteiger charge is 2.21. The van der Waals surface area contributed by atoms with Gasteiger partial charge in [0.25, 0.3) is 0 Å². The first-order valence-corrected chi connectivity index (χ1v) is 11.8. The Morgan fingerprint density at radius 1 is 1.23 bits per heavy atom. The molecule has 0 amide bonds. The molecule has 35 heavy (non-hydrogen) atoms. The maximum Gasteiger partial charge on any atom is 0.305 e. The highest BCUT2D eigenvalue weighted by molar-refractivity contribution is 5.81. The van der Waals surface area contributed by atoms with Crippen LogP contribution in [-0.2, 0) is 17.6 Å². The lowest BCUT2D eigenvalue weighted by atomic mass is 10.0. The van der Waals surface area contributed by atoms with Crippen molar-refractivity contribution >= 4 is 22.7 Å². The van der Waals surface area contributed by atoms with E-state index in [0.717, 1.165) is 41.0 Å². The third kappa shape index (κ3) is 5.08. The molecule has 4 aromatic rings. The second-order valence-corrected chi connectivity index (χ2v) is 8.98. The van der Waals surface area contributed by atoms with Gasteiger partial charge in [0.1, 0.15) is 17.4 Å². The number of pyridine rings is 1. The number of aromatic nitrogens is 5. The van der Waals surface area contributed by atoms with Gasteiger partial charge in [-0.2, -0.15) is 5.10 Å². The van der Waals surface area contributed by atoms with Crippen molar-refractivity contribution in [1.29, 1.82) is 0 Å². The fourth-order valence-corrected chi connectivity index (χ4v) is 4.40. The van der Waals surface area contributed by atoms with Gasteiger partial charge in [0, 0.05) is 41.5 Å². The number of fused-ring (bicyclic) bond motifs is 2. The van der Waals surface area contributed by atoms with Gasteiger partial charge in [0.2, 0.25) is 0 Å². The maximum absolute atomic E-state index is 11.6. The van der Waals surface area contributed by atoms with Crippen LogP contribution in [0.3, 0.4) is 0 Å². The summed E-state index contributed by atoms with van der Waals surface area (Å²) in [6.45, 7) is 4.47. The Hall–Kier alpha value is -4.01. The van der Waals surface area contributed by atoms with Crippen molar-refractivity contribution in [3.63, 3.8) is 0 Å². The number of carboxylic acids is 1. The topological polar surface area (TPSA) is 115 Å². The molecule has 0 bridgehead atoms. The predicted molar refractivity (Wildman–Crippen MR) is 132 cm³/mol. The molecule has 0 radical (unpaired) electrons. The van der Waals surface area contributed by atoms with Crippen molar-refractivity contribution < 1.29 is 14.6 Å². The van der Waals surface area contributed by atoms with Crippen molar-refractivity contribution in [1.82, 2.24) is 24.7 Å². The number of carbonyl (C=O) groups is 1. The third-order valence-electron chi connectivity index (χ3n) is 6.31. The summed E-state index contributed by atoms with van der Waals surface area (Å²) >= 11 is 0. The molecule has 2 atom stereocenters. The second kappa shape index (κ2) is 9.69. The van der Waals surface area contributed by atoms with E-state index in [4.69, 9.17) is 9.72 Å². The van der Waals surface area contributed by atoms with E-state index in [2.05, 4.69) is 39.4 Å². The van der Waals surface area contributed by atoms with Gasteiger partial charge in [-0.1, -0.05) is 6.07 Å². The largest absolute Gasteiger partial charge is 0.493 e. The number of carboxylic acid groups (broad SMARTS) is 1. The van der Waals surface area contributed by atoms with E-state index in [-0.39, 0.29) is 6.42 Å². The van der Waals surface area contributed by atoms with E-state index in [1.165, 1.54) is 5.56 Å². The van der Waals surface area contributed by atoms with Crippen molar-refractivity contribution in [2.24, 2.45) is 0 Å². The van der Waals surface area contributed by atoms with E-state index >= 15 is 0 Å². The van der Waals surface area contributed by atoms with E-state index in [1.807, 2.05) is 18.2 Å². The minimum absolute atomic E-state index is 0.122. The van der Waals surface area contributed by atoms with E-state index < -0.39 is 12.0 Å². The van der Waals surface area contributed by atoms with Crippen LogP contribution in [0.4, 0.5) is 5.82 Å². The van der Waals surface area contributed by atoms with Crippen molar-refractivity contribution in [3.05, 3.63) is 71.6 Å². The van der Waals surface area contributed by atoms with E-state index in [0.29, 0.717) is 30.5 Å². The zero-order chi connectivity index (χ0) is 24.4. The molecule has 1 aromatic carbocycles. The minimum Gasteiger partial charge on any atom is -0.493 e. The Morgan fingerprint density at radius 3 is 2.86 bits per heavy atom. The average Bonchev–Trinajstić information content (AvgIpc) is 3.26. The molecule has 9 nitrogen and oxygen atoms in total. The van der Waals surface area contributed by atoms with Crippen LogP contribution in [0.15, 0.2) is 48.9 Å². The number of ether oxygens (including phenoxy) is 1. The normalized spacial score (nSPS) is 15.9. The second-order valence-electron chi connectivity index (χ2n) is 8.98. The lowest BCUT2D eigenvalue weighted by molar-refractivity contribution is -0.137. The van der Waals surface area contributed by atoms with Crippen LogP contribution in [-0.4, -0.2) is 48.5 Å². The summed E-state index contributed by atoms with van der Waals surface area (Å²) in [5.74, 6) is 1.44. The number of nitrogens with zero attached hydrogens (tertiary/aromatic N) is 5. The molecule has 4 heterocycles. The smallest absolute Gasteiger partial charge is 0.305 e. The quantitative estimate of drug-likeness (QED) is 0.396. The molecule has 1 unspecified atom stereocenters. The van der Waals surface area contributed by atoms with Crippen LogP contribution < -0.4 is 10.1 Å². The number of aryl methyl sites for hydroxylation is 2. The average molecular weight is 473 g/mol. The third-order valence-corrected chi connectivity index (χ3v) is 6.31. The summed E-state index contributed by atoms with van der Waals surface area (Å²) in [5.41, 5.74) is 3.79. The molecule has 5 rings (SSSR count). The molecule has 0 saturated carbocycles. The monoisotopic (exact) mass is 472 g/mol.